The van der Waals surface area contributed by atoms with E-state index in [1.165, 1.54) is 6.92 Å². The molecule has 19 heavy (non-hydrogen) atoms. The second kappa shape index (κ2) is 3.84. The van der Waals surface area contributed by atoms with E-state index in [4.69, 9.17) is 14.2 Å². The van der Waals surface area contributed by atoms with Gasteiger partial charge in [-0.15, -0.1) is 0 Å². The number of esters is 1. The standard InChI is InChI=1S/C12H14N2O5/c1-3-17-11(16)14-8-7-4-12(5-13,19-6(2)15)10(18-7)9(8)14/h7-10H,3-4H2,1-2H3/t7-,8-,9-,10-,12+,14?/m0/s1. The second-order valence-electron chi connectivity index (χ2n) is 4.98. The van der Waals surface area contributed by atoms with Crippen molar-refractivity contribution in [3.8, 4) is 6.07 Å². The number of carbonyl (C=O) groups is 2. The van der Waals surface area contributed by atoms with Gasteiger partial charge in [-0.1, -0.05) is 0 Å². The van der Waals surface area contributed by atoms with Crippen molar-refractivity contribution >= 4 is 12.1 Å². The van der Waals surface area contributed by atoms with E-state index < -0.39 is 23.8 Å². The number of hydrogen-bond donors (Lipinski definition) is 0. The van der Waals surface area contributed by atoms with Crippen molar-refractivity contribution in [1.82, 2.24) is 4.90 Å². The highest BCUT2D eigenvalue weighted by Gasteiger charge is 2.77. The predicted octanol–water partition coefficient (Wildman–Crippen LogP) is 0.192. The number of carbonyl (C=O) groups excluding carboxylic acids is 2. The molecule has 5 atom stereocenters. The van der Waals surface area contributed by atoms with Crippen LogP contribution in [0.2, 0.25) is 0 Å². The van der Waals surface area contributed by atoms with Gasteiger partial charge in [0.1, 0.15) is 12.2 Å². The van der Waals surface area contributed by atoms with Gasteiger partial charge in [0.2, 0.25) is 5.60 Å². The molecule has 3 heterocycles. The Kier molecular flexibility index (Phi) is 2.47. The minimum atomic E-state index is -1.26. The quantitative estimate of drug-likeness (QED) is 0.523. The molecular weight excluding hydrogens is 252 g/mol. The first-order valence-corrected chi connectivity index (χ1v) is 6.25. The van der Waals surface area contributed by atoms with Crippen molar-refractivity contribution in [2.75, 3.05) is 6.61 Å². The van der Waals surface area contributed by atoms with Crippen LogP contribution in [0, 0.1) is 11.3 Å². The van der Waals surface area contributed by atoms with Gasteiger partial charge in [0.25, 0.3) is 0 Å². The van der Waals surface area contributed by atoms with Crippen LogP contribution in [0.5, 0.6) is 0 Å². The maximum Gasteiger partial charge on any atom is 0.410 e. The summed E-state index contributed by atoms with van der Waals surface area (Å²) in [5.74, 6) is -0.516. The summed E-state index contributed by atoms with van der Waals surface area (Å²) in [5.41, 5.74) is -1.26. The monoisotopic (exact) mass is 266 g/mol. The molecule has 3 aliphatic heterocycles. The third-order valence-electron chi connectivity index (χ3n) is 3.87. The van der Waals surface area contributed by atoms with Crippen LogP contribution in [0.1, 0.15) is 20.3 Å². The molecule has 3 saturated heterocycles. The summed E-state index contributed by atoms with van der Waals surface area (Å²) >= 11 is 0. The Morgan fingerprint density at radius 3 is 2.84 bits per heavy atom. The van der Waals surface area contributed by atoms with Crippen LogP contribution >= 0.6 is 0 Å². The van der Waals surface area contributed by atoms with E-state index in [9.17, 15) is 14.9 Å². The fourth-order valence-corrected chi connectivity index (χ4v) is 3.24. The zero-order chi connectivity index (χ0) is 13.8. The molecule has 0 N–H and O–H groups in total. The van der Waals surface area contributed by atoms with E-state index in [1.54, 1.807) is 11.8 Å². The van der Waals surface area contributed by atoms with E-state index in [0.717, 1.165) is 0 Å². The zero-order valence-electron chi connectivity index (χ0n) is 10.7. The van der Waals surface area contributed by atoms with Gasteiger partial charge in [-0.05, 0) is 6.92 Å². The number of likely N-dealkylation sites (tertiary alicyclic amines) is 1. The Morgan fingerprint density at radius 1 is 1.53 bits per heavy atom. The summed E-state index contributed by atoms with van der Waals surface area (Å²) in [6, 6.07) is 1.79. The molecule has 0 radical (unpaired) electrons. The lowest BCUT2D eigenvalue weighted by Crippen LogP contribution is -2.46. The molecule has 3 fully saturated rings. The minimum absolute atomic E-state index is 0.0407. The highest BCUT2D eigenvalue weighted by atomic mass is 16.6. The van der Waals surface area contributed by atoms with Gasteiger partial charge in [-0.2, -0.15) is 5.26 Å². The van der Waals surface area contributed by atoms with Crippen LogP contribution in [-0.2, 0) is 19.0 Å². The van der Waals surface area contributed by atoms with Crippen LogP contribution in [-0.4, -0.2) is 53.5 Å². The first-order valence-electron chi connectivity index (χ1n) is 6.25. The molecule has 7 nitrogen and oxygen atoms in total. The Balaban J connectivity index is 1.78. The number of ether oxygens (including phenoxy) is 3. The summed E-state index contributed by atoms with van der Waals surface area (Å²) in [4.78, 5) is 24.4. The van der Waals surface area contributed by atoms with Gasteiger partial charge in [-0.25, -0.2) is 4.79 Å². The number of nitrogens with zero attached hydrogens (tertiary/aromatic N) is 2. The zero-order valence-corrected chi connectivity index (χ0v) is 10.7. The van der Waals surface area contributed by atoms with E-state index in [2.05, 4.69) is 0 Å². The maximum atomic E-state index is 11.7. The maximum absolute atomic E-state index is 11.7. The lowest BCUT2D eigenvalue weighted by atomic mass is 9.86. The Hall–Kier alpha value is -1.81. The van der Waals surface area contributed by atoms with Crippen molar-refractivity contribution in [3.05, 3.63) is 0 Å². The molecule has 7 heteroatoms. The summed E-state index contributed by atoms with van der Waals surface area (Å²) in [6.45, 7) is 3.30. The van der Waals surface area contributed by atoms with Crippen LogP contribution in [0.4, 0.5) is 4.79 Å². The molecule has 2 bridgehead atoms. The molecule has 0 saturated carbocycles. The Bertz CT molecular complexity index is 487. The number of morpholine rings is 1. The summed E-state index contributed by atoms with van der Waals surface area (Å²) in [7, 11) is 0. The lowest BCUT2D eigenvalue weighted by Gasteiger charge is -2.26. The smallest absolute Gasteiger partial charge is 0.410 e. The van der Waals surface area contributed by atoms with Crippen molar-refractivity contribution < 1.29 is 23.8 Å². The van der Waals surface area contributed by atoms with Crippen LogP contribution in [0.25, 0.3) is 0 Å². The van der Waals surface area contributed by atoms with E-state index in [1.807, 2.05) is 6.07 Å². The average molecular weight is 266 g/mol. The van der Waals surface area contributed by atoms with E-state index in [-0.39, 0.29) is 18.2 Å². The Morgan fingerprint density at radius 2 is 2.26 bits per heavy atom. The average Bonchev–Trinajstić information content (AvgIpc) is 2.87. The molecule has 0 spiro atoms. The molecule has 0 unspecified atom stereocenters. The summed E-state index contributed by atoms with van der Waals surface area (Å²) < 4.78 is 15.8. The summed E-state index contributed by atoms with van der Waals surface area (Å²) in [6.07, 6.45) is -0.906. The van der Waals surface area contributed by atoms with Crippen LogP contribution in [0.3, 0.4) is 0 Å². The summed E-state index contributed by atoms with van der Waals surface area (Å²) in [5, 5.41) is 9.31. The van der Waals surface area contributed by atoms with Gasteiger partial charge < -0.3 is 14.2 Å². The van der Waals surface area contributed by atoms with Gasteiger partial charge in [0, 0.05) is 13.3 Å². The van der Waals surface area contributed by atoms with Gasteiger partial charge >= 0.3 is 12.1 Å². The number of nitriles is 1. The lowest BCUT2D eigenvalue weighted by molar-refractivity contribution is -0.156. The SMILES string of the molecule is CCOC(=O)N1[C@@H]2[C@H]1[C@@H]1O[C@H]2C[C@]1(C#N)OC(C)=O. The van der Waals surface area contributed by atoms with E-state index in [0.29, 0.717) is 13.0 Å². The highest BCUT2D eigenvalue weighted by Crippen LogP contribution is 2.56. The van der Waals surface area contributed by atoms with Crippen molar-refractivity contribution in [2.45, 2.75) is 50.2 Å². The second-order valence-corrected chi connectivity index (χ2v) is 4.98. The number of amides is 1. The topological polar surface area (TPSA) is 88.6 Å². The number of fused-ring (bicyclic) bond motifs is 5. The molecule has 0 aromatic heterocycles. The number of rotatable bonds is 2. The van der Waals surface area contributed by atoms with Gasteiger partial charge in [0.05, 0.1) is 24.8 Å². The molecule has 1 amide bonds. The highest BCUT2D eigenvalue weighted by molar-refractivity contribution is 5.74. The van der Waals surface area contributed by atoms with Gasteiger partial charge in [0.15, 0.2) is 0 Å². The van der Waals surface area contributed by atoms with Crippen LogP contribution in [0.15, 0.2) is 0 Å². The predicted molar refractivity (Wildman–Crippen MR) is 59.8 cm³/mol. The fraction of sp³-hybridized carbons (Fsp3) is 0.750. The number of hydrogen-bond acceptors (Lipinski definition) is 6. The van der Waals surface area contributed by atoms with Gasteiger partial charge in [-0.3, -0.25) is 9.69 Å². The first-order chi connectivity index (χ1) is 9.04. The third kappa shape index (κ3) is 1.53. The fourth-order valence-electron chi connectivity index (χ4n) is 3.24. The molecule has 0 aromatic carbocycles. The van der Waals surface area contributed by atoms with Crippen molar-refractivity contribution in [2.24, 2.45) is 0 Å². The van der Waals surface area contributed by atoms with E-state index >= 15 is 0 Å². The molecule has 102 valence electrons. The molecule has 3 rings (SSSR count). The minimum Gasteiger partial charge on any atom is -0.450 e. The molecular formula is C12H14N2O5. The molecule has 3 aliphatic rings. The normalized spacial score (nSPS) is 41.4. The largest absolute Gasteiger partial charge is 0.450 e. The van der Waals surface area contributed by atoms with Crippen molar-refractivity contribution in [1.29, 1.82) is 5.26 Å². The molecule has 0 aromatic rings. The van der Waals surface area contributed by atoms with Crippen molar-refractivity contribution in [3.63, 3.8) is 0 Å². The third-order valence-corrected chi connectivity index (χ3v) is 3.87. The van der Waals surface area contributed by atoms with Crippen LogP contribution < -0.4 is 0 Å². The molecule has 0 aliphatic carbocycles. The Labute approximate surface area is 110 Å². The first kappa shape index (κ1) is 12.2.